The number of aromatic nitrogens is 2. The molecule has 20 heavy (non-hydrogen) atoms. The molecule has 0 N–H and O–H groups in total. The molecule has 0 atom stereocenters. The standard InChI is InChI=1S/C14H20BrClN2OSi/c1-10-12(16)7-13-11(14(10)15)8-17-18(13)9-19-5-6-20(2,3)4/h7-8H,5-6,9H2,1-4H3. The van der Waals surface area contributed by atoms with Crippen LogP contribution in [0.5, 0.6) is 0 Å². The van der Waals surface area contributed by atoms with Gasteiger partial charge in [0.2, 0.25) is 0 Å². The van der Waals surface area contributed by atoms with Crippen molar-refractivity contribution in [2.24, 2.45) is 0 Å². The summed E-state index contributed by atoms with van der Waals surface area (Å²) in [6.07, 6.45) is 1.85. The molecule has 0 aliphatic carbocycles. The van der Waals surface area contributed by atoms with Crippen molar-refractivity contribution in [3.05, 3.63) is 27.3 Å². The minimum atomic E-state index is -1.04. The van der Waals surface area contributed by atoms with Crippen LogP contribution >= 0.6 is 27.5 Å². The lowest BCUT2D eigenvalue weighted by Gasteiger charge is -2.15. The van der Waals surface area contributed by atoms with E-state index in [9.17, 15) is 0 Å². The Balaban J connectivity index is 2.12. The van der Waals surface area contributed by atoms with Gasteiger partial charge in [-0.1, -0.05) is 31.2 Å². The van der Waals surface area contributed by atoms with Crippen LogP contribution in [0, 0.1) is 6.92 Å². The maximum atomic E-state index is 6.24. The van der Waals surface area contributed by atoms with E-state index in [1.54, 1.807) is 0 Å². The van der Waals surface area contributed by atoms with Gasteiger partial charge in [-0.2, -0.15) is 5.10 Å². The SMILES string of the molecule is Cc1c(Cl)cc2c(cnn2COCC[Si](C)(C)C)c1Br. The van der Waals surface area contributed by atoms with Gasteiger partial charge in [0.15, 0.2) is 0 Å². The molecule has 0 fully saturated rings. The molecule has 0 saturated heterocycles. The molecule has 0 saturated carbocycles. The van der Waals surface area contributed by atoms with Crippen LogP contribution in [0.25, 0.3) is 10.9 Å². The van der Waals surface area contributed by atoms with Gasteiger partial charge in [-0.05, 0) is 40.5 Å². The van der Waals surface area contributed by atoms with Crippen LogP contribution < -0.4 is 0 Å². The number of nitrogens with zero attached hydrogens (tertiary/aromatic N) is 2. The van der Waals surface area contributed by atoms with E-state index in [4.69, 9.17) is 16.3 Å². The summed E-state index contributed by atoms with van der Waals surface area (Å²) in [6, 6.07) is 3.11. The van der Waals surface area contributed by atoms with Gasteiger partial charge in [-0.25, -0.2) is 4.68 Å². The Morgan fingerprint density at radius 2 is 2.10 bits per heavy atom. The van der Waals surface area contributed by atoms with Gasteiger partial charge in [0.05, 0.1) is 11.7 Å². The van der Waals surface area contributed by atoms with E-state index in [-0.39, 0.29) is 0 Å². The Morgan fingerprint density at radius 3 is 2.75 bits per heavy atom. The van der Waals surface area contributed by atoms with Crippen LogP contribution in [0.4, 0.5) is 0 Å². The lowest BCUT2D eigenvalue weighted by molar-refractivity contribution is 0.0817. The molecule has 0 spiro atoms. The molecule has 1 heterocycles. The van der Waals surface area contributed by atoms with E-state index in [1.165, 1.54) is 0 Å². The van der Waals surface area contributed by atoms with Gasteiger partial charge < -0.3 is 4.74 Å². The molecule has 3 nitrogen and oxygen atoms in total. The highest BCUT2D eigenvalue weighted by Crippen LogP contribution is 2.32. The summed E-state index contributed by atoms with van der Waals surface area (Å²) >= 11 is 9.82. The van der Waals surface area contributed by atoms with Crippen LogP contribution in [-0.4, -0.2) is 24.5 Å². The minimum absolute atomic E-state index is 0.472. The maximum Gasteiger partial charge on any atom is 0.139 e. The van der Waals surface area contributed by atoms with Crippen LogP contribution in [-0.2, 0) is 11.5 Å². The van der Waals surface area contributed by atoms with Crippen LogP contribution in [0.1, 0.15) is 5.56 Å². The Kier molecular flexibility index (Phi) is 4.95. The van der Waals surface area contributed by atoms with Crippen molar-refractivity contribution in [3.8, 4) is 0 Å². The van der Waals surface area contributed by atoms with E-state index < -0.39 is 8.07 Å². The van der Waals surface area contributed by atoms with Crippen molar-refractivity contribution in [1.82, 2.24) is 9.78 Å². The van der Waals surface area contributed by atoms with E-state index in [1.807, 2.05) is 23.9 Å². The molecule has 110 valence electrons. The lowest BCUT2D eigenvalue weighted by Crippen LogP contribution is -2.22. The smallest absolute Gasteiger partial charge is 0.139 e. The molecule has 2 rings (SSSR count). The summed E-state index contributed by atoms with van der Waals surface area (Å²) < 4.78 is 8.61. The zero-order valence-corrected chi connectivity index (χ0v) is 15.7. The van der Waals surface area contributed by atoms with Crippen LogP contribution in [0.15, 0.2) is 16.7 Å². The van der Waals surface area contributed by atoms with E-state index >= 15 is 0 Å². The number of halogens is 2. The predicted octanol–water partition coefficient (Wildman–Crippen LogP) is 5.07. The zero-order chi connectivity index (χ0) is 14.9. The third kappa shape index (κ3) is 3.64. The number of ether oxygens (including phenoxy) is 1. The number of fused-ring (bicyclic) bond motifs is 1. The monoisotopic (exact) mass is 374 g/mol. The highest BCUT2D eigenvalue weighted by Gasteiger charge is 2.13. The van der Waals surface area contributed by atoms with Crippen molar-refractivity contribution in [3.63, 3.8) is 0 Å². The largest absolute Gasteiger partial charge is 0.360 e. The predicted molar refractivity (Wildman–Crippen MR) is 91.3 cm³/mol. The fourth-order valence-corrected chi connectivity index (χ4v) is 3.47. The van der Waals surface area contributed by atoms with Crippen molar-refractivity contribution < 1.29 is 4.74 Å². The number of hydrogen-bond acceptors (Lipinski definition) is 2. The fourth-order valence-electron chi connectivity index (χ4n) is 1.88. The van der Waals surface area contributed by atoms with E-state index in [0.29, 0.717) is 6.73 Å². The zero-order valence-electron chi connectivity index (χ0n) is 12.3. The molecule has 0 amide bonds. The number of rotatable bonds is 5. The second kappa shape index (κ2) is 6.18. The maximum absolute atomic E-state index is 6.24. The van der Waals surface area contributed by atoms with E-state index in [2.05, 4.69) is 40.7 Å². The summed E-state index contributed by atoms with van der Waals surface area (Å²) in [7, 11) is -1.04. The minimum Gasteiger partial charge on any atom is -0.360 e. The Morgan fingerprint density at radius 1 is 1.40 bits per heavy atom. The topological polar surface area (TPSA) is 27.1 Å². The summed E-state index contributed by atoms with van der Waals surface area (Å²) in [5.41, 5.74) is 2.04. The van der Waals surface area contributed by atoms with Crippen LogP contribution in [0.3, 0.4) is 0 Å². The van der Waals surface area contributed by atoms with Gasteiger partial charge in [0, 0.05) is 29.6 Å². The highest BCUT2D eigenvalue weighted by atomic mass is 79.9. The second-order valence-electron chi connectivity index (χ2n) is 6.22. The summed E-state index contributed by atoms with van der Waals surface area (Å²) in [6.45, 7) is 10.3. The van der Waals surface area contributed by atoms with Crippen molar-refractivity contribution >= 4 is 46.5 Å². The molecule has 0 radical (unpaired) electrons. The normalized spacial score (nSPS) is 12.3. The first-order chi connectivity index (χ1) is 9.29. The fraction of sp³-hybridized carbons (Fsp3) is 0.500. The van der Waals surface area contributed by atoms with Gasteiger partial charge in [0.1, 0.15) is 6.73 Å². The molecule has 0 bridgehead atoms. The third-order valence-corrected chi connectivity index (χ3v) is 6.40. The Bertz CT molecular complexity index is 622. The van der Waals surface area contributed by atoms with Crippen molar-refractivity contribution in [2.45, 2.75) is 39.3 Å². The molecule has 6 heteroatoms. The molecular weight excluding hydrogens is 356 g/mol. The first-order valence-corrected chi connectivity index (χ1v) is 11.6. The number of hydrogen-bond donors (Lipinski definition) is 0. The quantitative estimate of drug-likeness (QED) is 0.538. The second-order valence-corrected chi connectivity index (χ2v) is 13.0. The molecule has 0 aliphatic heterocycles. The van der Waals surface area contributed by atoms with Gasteiger partial charge in [-0.15, -0.1) is 0 Å². The van der Waals surface area contributed by atoms with Gasteiger partial charge >= 0.3 is 0 Å². The number of benzene rings is 1. The highest BCUT2D eigenvalue weighted by molar-refractivity contribution is 9.10. The molecule has 2 aromatic rings. The Hall–Kier alpha value is -0.363. The molecule has 0 unspecified atom stereocenters. The van der Waals surface area contributed by atoms with Gasteiger partial charge in [0.25, 0.3) is 0 Å². The van der Waals surface area contributed by atoms with Crippen molar-refractivity contribution in [2.75, 3.05) is 6.61 Å². The molecule has 0 aliphatic rings. The third-order valence-electron chi connectivity index (χ3n) is 3.28. The Labute approximate surface area is 134 Å². The first-order valence-electron chi connectivity index (χ1n) is 6.67. The summed E-state index contributed by atoms with van der Waals surface area (Å²) in [5, 5.41) is 6.20. The van der Waals surface area contributed by atoms with E-state index in [0.717, 1.165) is 38.6 Å². The molecule has 1 aromatic carbocycles. The molecular formula is C14H20BrClN2OSi. The average Bonchev–Trinajstić information content (AvgIpc) is 2.74. The molecule has 1 aromatic heterocycles. The van der Waals surface area contributed by atoms with Crippen molar-refractivity contribution in [1.29, 1.82) is 0 Å². The van der Waals surface area contributed by atoms with Gasteiger partial charge in [-0.3, -0.25) is 0 Å². The first kappa shape index (κ1) is 16.0. The summed E-state index contributed by atoms with van der Waals surface area (Å²) in [5.74, 6) is 0. The van der Waals surface area contributed by atoms with Crippen LogP contribution in [0.2, 0.25) is 30.7 Å². The summed E-state index contributed by atoms with van der Waals surface area (Å²) in [4.78, 5) is 0. The lowest BCUT2D eigenvalue weighted by atomic mass is 10.2. The average molecular weight is 376 g/mol.